The molecule has 1 fully saturated rings. The fourth-order valence-electron chi connectivity index (χ4n) is 4.08. The lowest BCUT2D eigenvalue weighted by Gasteiger charge is -2.22. The lowest BCUT2D eigenvalue weighted by atomic mass is 9.95. The fraction of sp³-hybridized carbons (Fsp3) is 0.286. The van der Waals surface area contributed by atoms with Gasteiger partial charge in [-0.15, -0.1) is 0 Å². The third kappa shape index (κ3) is 7.10. The topological polar surface area (TPSA) is 79.5 Å². The van der Waals surface area contributed by atoms with Gasteiger partial charge in [0, 0.05) is 29.0 Å². The Morgan fingerprint density at radius 2 is 1.59 bits per heavy atom. The Labute approximate surface area is 200 Å². The van der Waals surface area contributed by atoms with Crippen molar-refractivity contribution < 1.29 is 14.3 Å². The van der Waals surface area contributed by atoms with Crippen LogP contribution in [0.4, 0.5) is 11.4 Å². The molecule has 3 aromatic rings. The first-order chi connectivity index (χ1) is 16.7. The van der Waals surface area contributed by atoms with E-state index in [1.54, 1.807) is 24.3 Å². The van der Waals surface area contributed by atoms with E-state index in [4.69, 9.17) is 4.74 Å². The molecule has 0 bridgehead atoms. The number of nitrogens with one attached hydrogen (secondary N) is 3. The molecule has 3 N–H and O–H groups in total. The second-order valence-corrected chi connectivity index (χ2v) is 8.59. The molecule has 34 heavy (non-hydrogen) atoms. The molecule has 6 nitrogen and oxygen atoms in total. The van der Waals surface area contributed by atoms with Crippen LogP contribution in [0.5, 0.6) is 5.75 Å². The van der Waals surface area contributed by atoms with Crippen LogP contribution in [0, 0.1) is 0 Å². The molecule has 6 heteroatoms. The molecular formula is C28H31N3O3. The van der Waals surface area contributed by atoms with Crippen LogP contribution in [0.1, 0.15) is 48.0 Å². The molecule has 0 unspecified atom stereocenters. The Kier molecular flexibility index (Phi) is 8.17. The van der Waals surface area contributed by atoms with E-state index in [9.17, 15) is 9.59 Å². The van der Waals surface area contributed by atoms with Crippen molar-refractivity contribution in [1.82, 2.24) is 5.32 Å². The van der Waals surface area contributed by atoms with Gasteiger partial charge >= 0.3 is 0 Å². The van der Waals surface area contributed by atoms with Gasteiger partial charge < -0.3 is 20.7 Å². The van der Waals surface area contributed by atoms with Crippen molar-refractivity contribution in [2.24, 2.45) is 0 Å². The quantitative estimate of drug-likeness (QED) is 0.403. The van der Waals surface area contributed by atoms with Crippen LogP contribution in [0.15, 0.2) is 78.9 Å². The van der Waals surface area contributed by atoms with Crippen LogP contribution in [0.25, 0.3) is 0 Å². The maximum Gasteiger partial charge on any atom is 0.251 e. The van der Waals surface area contributed by atoms with E-state index in [0.29, 0.717) is 17.9 Å². The maximum absolute atomic E-state index is 12.6. The fourth-order valence-corrected chi connectivity index (χ4v) is 4.08. The Morgan fingerprint density at radius 3 is 2.41 bits per heavy atom. The summed E-state index contributed by atoms with van der Waals surface area (Å²) in [5, 5.41) is 9.10. The molecule has 1 aliphatic rings. The predicted octanol–water partition coefficient (Wildman–Crippen LogP) is 5.38. The van der Waals surface area contributed by atoms with Crippen LogP contribution in [0.2, 0.25) is 0 Å². The minimum Gasteiger partial charge on any atom is -0.489 e. The molecule has 4 rings (SSSR count). The highest BCUT2D eigenvalue weighted by Gasteiger charge is 2.17. The van der Waals surface area contributed by atoms with Gasteiger partial charge in [-0.2, -0.15) is 0 Å². The lowest BCUT2D eigenvalue weighted by Crippen LogP contribution is -2.36. The molecule has 0 saturated heterocycles. The summed E-state index contributed by atoms with van der Waals surface area (Å²) < 4.78 is 5.85. The standard InChI is InChI=1S/C28H31N3O3/c32-27(19-29-24-14-8-16-26(18-24)34-20-21-9-3-1-4-10-21)30-25-15-7-11-22(17-25)28(33)31-23-12-5-2-6-13-23/h1,3-4,7-11,14-18,23,29H,2,5-6,12-13,19-20H2,(H,30,32)(H,31,33). The van der Waals surface area contributed by atoms with Crippen molar-refractivity contribution in [2.75, 3.05) is 17.2 Å². The normalized spacial score (nSPS) is 13.6. The molecule has 1 aliphatic carbocycles. The van der Waals surface area contributed by atoms with Crippen molar-refractivity contribution in [1.29, 1.82) is 0 Å². The molecule has 3 aromatic carbocycles. The molecule has 0 aliphatic heterocycles. The van der Waals surface area contributed by atoms with E-state index >= 15 is 0 Å². The lowest BCUT2D eigenvalue weighted by molar-refractivity contribution is -0.114. The molecule has 0 heterocycles. The number of hydrogen-bond acceptors (Lipinski definition) is 4. The van der Waals surface area contributed by atoms with Crippen molar-refractivity contribution >= 4 is 23.2 Å². The number of carbonyl (C=O) groups excluding carboxylic acids is 2. The van der Waals surface area contributed by atoms with Crippen molar-refractivity contribution in [3.05, 3.63) is 90.0 Å². The van der Waals surface area contributed by atoms with E-state index in [2.05, 4.69) is 16.0 Å². The second kappa shape index (κ2) is 11.9. The average Bonchev–Trinajstić information content (AvgIpc) is 2.88. The first kappa shape index (κ1) is 23.4. The second-order valence-electron chi connectivity index (χ2n) is 8.59. The van der Waals surface area contributed by atoms with Gasteiger partial charge in [0.05, 0.1) is 6.54 Å². The van der Waals surface area contributed by atoms with Gasteiger partial charge in [0.15, 0.2) is 0 Å². The third-order valence-electron chi connectivity index (χ3n) is 5.88. The van der Waals surface area contributed by atoms with Crippen molar-refractivity contribution in [3.8, 4) is 5.75 Å². The van der Waals surface area contributed by atoms with Gasteiger partial charge in [-0.1, -0.05) is 61.7 Å². The van der Waals surface area contributed by atoms with Gasteiger partial charge in [0.25, 0.3) is 5.91 Å². The van der Waals surface area contributed by atoms with Crippen LogP contribution in [0.3, 0.4) is 0 Å². The predicted molar refractivity (Wildman–Crippen MR) is 135 cm³/mol. The van der Waals surface area contributed by atoms with Crippen LogP contribution in [-0.4, -0.2) is 24.4 Å². The number of anilines is 2. The summed E-state index contributed by atoms with van der Waals surface area (Å²) in [7, 11) is 0. The van der Waals surface area contributed by atoms with Gasteiger partial charge in [-0.3, -0.25) is 9.59 Å². The summed E-state index contributed by atoms with van der Waals surface area (Å²) in [6.07, 6.45) is 5.64. The summed E-state index contributed by atoms with van der Waals surface area (Å²) in [6.45, 7) is 0.579. The van der Waals surface area contributed by atoms with Gasteiger partial charge in [0.2, 0.25) is 5.91 Å². The summed E-state index contributed by atoms with van der Waals surface area (Å²) in [4.78, 5) is 25.1. The zero-order valence-electron chi connectivity index (χ0n) is 19.3. The first-order valence-corrected chi connectivity index (χ1v) is 11.9. The monoisotopic (exact) mass is 457 g/mol. The number of benzene rings is 3. The smallest absolute Gasteiger partial charge is 0.251 e. The zero-order valence-corrected chi connectivity index (χ0v) is 19.3. The minimum atomic E-state index is -0.194. The van der Waals surface area contributed by atoms with E-state index in [1.165, 1.54) is 6.42 Å². The minimum absolute atomic E-state index is 0.0894. The SMILES string of the molecule is O=C(CNc1cccc(OCc2ccccc2)c1)Nc1cccc(C(=O)NC2CCCCC2)c1. The Balaban J connectivity index is 1.26. The van der Waals surface area contributed by atoms with E-state index in [-0.39, 0.29) is 24.4 Å². The van der Waals surface area contributed by atoms with Crippen LogP contribution in [-0.2, 0) is 11.4 Å². The maximum atomic E-state index is 12.6. The molecule has 0 aromatic heterocycles. The van der Waals surface area contributed by atoms with Gasteiger partial charge in [-0.05, 0) is 48.7 Å². The highest BCUT2D eigenvalue weighted by atomic mass is 16.5. The van der Waals surface area contributed by atoms with Crippen LogP contribution >= 0.6 is 0 Å². The highest BCUT2D eigenvalue weighted by molar-refractivity contribution is 5.98. The summed E-state index contributed by atoms with van der Waals surface area (Å²) in [5.74, 6) is 0.444. The third-order valence-corrected chi connectivity index (χ3v) is 5.88. The Bertz CT molecular complexity index is 1090. The molecule has 0 radical (unpaired) electrons. The molecule has 0 spiro atoms. The van der Waals surface area contributed by atoms with Crippen LogP contribution < -0.4 is 20.7 Å². The largest absolute Gasteiger partial charge is 0.489 e. The molecule has 1 saturated carbocycles. The van der Waals surface area contributed by atoms with Gasteiger partial charge in [0.1, 0.15) is 12.4 Å². The summed E-state index contributed by atoms with van der Waals surface area (Å²) >= 11 is 0. The van der Waals surface area contributed by atoms with E-state index in [0.717, 1.165) is 42.7 Å². The molecule has 176 valence electrons. The number of rotatable bonds is 9. The molecular weight excluding hydrogens is 426 g/mol. The molecule has 2 amide bonds. The summed E-state index contributed by atoms with van der Waals surface area (Å²) in [5.41, 5.74) is 3.04. The number of amides is 2. The van der Waals surface area contributed by atoms with Gasteiger partial charge in [-0.25, -0.2) is 0 Å². The number of ether oxygens (including phenoxy) is 1. The number of carbonyl (C=O) groups is 2. The van der Waals surface area contributed by atoms with Crippen molar-refractivity contribution in [3.63, 3.8) is 0 Å². The van der Waals surface area contributed by atoms with E-state index < -0.39 is 0 Å². The van der Waals surface area contributed by atoms with Crippen molar-refractivity contribution in [2.45, 2.75) is 44.8 Å². The Morgan fingerprint density at radius 1 is 0.824 bits per heavy atom. The summed E-state index contributed by atoms with van der Waals surface area (Å²) in [6, 6.07) is 24.8. The zero-order chi connectivity index (χ0) is 23.6. The average molecular weight is 458 g/mol. The Hall–Kier alpha value is -3.80. The number of hydrogen-bond donors (Lipinski definition) is 3. The molecule has 0 atom stereocenters. The first-order valence-electron chi connectivity index (χ1n) is 11.9. The van der Waals surface area contributed by atoms with E-state index in [1.807, 2.05) is 54.6 Å². The highest BCUT2D eigenvalue weighted by Crippen LogP contribution is 2.20.